The highest BCUT2D eigenvalue weighted by molar-refractivity contribution is 6.07. The van der Waals surface area contributed by atoms with Gasteiger partial charge in [-0.25, -0.2) is 14.6 Å². The third-order valence-electron chi connectivity index (χ3n) is 13.5. The average molecular weight is 864 g/mol. The summed E-state index contributed by atoms with van der Waals surface area (Å²) in [5.74, 6) is 1.01. The molecule has 0 aliphatic carbocycles. The van der Waals surface area contributed by atoms with E-state index in [0.29, 0.717) is 25.3 Å². The molecule has 0 bridgehead atoms. The molecule has 0 saturated carbocycles. The molecule has 2 fully saturated rings. The highest BCUT2D eigenvalue weighted by atomic mass is 16.5. The van der Waals surface area contributed by atoms with E-state index in [1.54, 1.807) is 24.9 Å². The molecule has 4 aliphatic rings. The van der Waals surface area contributed by atoms with Crippen LogP contribution in [0.2, 0.25) is 0 Å². The van der Waals surface area contributed by atoms with Crippen LogP contribution in [0.25, 0.3) is 33.2 Å². The van der Waals surface area contributed by atoms with Crippen LogP contribution in [0.1, 0.15) is 82.8 Å². The van der Waals surface area contributed by atoms with Crippen molar-refractivity contribution in [3.8, 4) is 28.1 Å². The Kier molecular flexibility index (Phi) is 12.5. The summed E-state index contributed by atoms with van der Waals surface area (Å²) in [4.78, 5) is 69.8. The van der Waals surface area contributed by atoms with E-state index in [9.17, 15) is 19.2 Å². The zero-order valence-electron chi connectivity index (χ0n) is 37.2. The smallest absolute Gasteiger partial charge is 0.407 e. The minimum absolute atomic E-state index is 0.00617. The first-order valence-corrected chi connectivity index (χ1v) is 21.8. The molecule has 3 aromatic carbocycles. The van der Waals surface area contributed by atoms with E-state index in [0.717, 1.165) is 87.1 Å². The number of aromatic nitrogens is 2. The van der Waals surface area contributed by atoms with Crippen LogP contribution in [0.5, 0.6) is 5.75 Å². The first-order chi connectivity index (χ1) is 30.4. The van der Waals surface area contributed by atoms with Gasteiger partial charge in [-0.15, -0.1) is 0 Å². The normalized spacial score (nSPS) is 21.9. The van der Waals surface area contributed by atoms with Gasteiger partial charge in [0, 0.05) is 44.0 Å². The average Bonchev–Trinajstić information content (AvgIpc) is 4.13. The van der Waals surface area contributed by atoms with Crippen molar-refractivity contribution in [1.82, 2.24) is 30.4 Å². The number of carbonyl (C=O) groups excluding carboxylic acids is 4. The van der Waals surface area contributed by atoms with Gasteiger partial charge >= 0.3 is 12.2 Å². The van der Waals surface area contributed by atoms with Crippen molar-refractivity contribution in [3.05, 3.63) is 65.6 Å². The van der Waals surface area contributed by atoms with E-state index in [2.05, 4.69) is 65.0 Å². The lowest BCUT2D eigenvalue weighted by Gasteiger charge is -2.35. The summed E-state index contributed by atoms with van der Waals surface area (Å²) in [6.45, 7) is 7.97. The third-order valence-corrected chi connectivity index (χ3v) is 13.5. The van der Waals surface area contributed by atoms with Crippen LogP contribution in [0.3, 0.4) is 0 Å². The number of rotatable bonds is 12. The van der Waals surface area contributed by atoms with Crippen molar-refractivity contribution in [1.29, 1.82) is 0 Å². The number of fused-ring (bicyclic) bond motifs is 6. The zero-order valence-corrected chi connectivity index (χ0v) is 37.2. The first kappa shape index (κ1) is 43.6. The predicted octanol–water partition coefficient (Wildman–Crippen LogP) is 6.76. The zero-order chi connectivity index (χ0) is 44.7. The molecule has 1 aromatic heterocycles. The number of H-pyrrole nitrogens is 1. The summed E-state index contributed by atoms with van der Waals surface area (Å²) in [5, 5.41) is 7.49. The van der Waals surface area contributed by atoms with Crippen LogP contribution in [-0.4, -0.2) is 120 Å². The van der Waals surface area contributed by atoms with Gasteiger partial charge in [0.05, 0.1) is 56.1 Å². The van der Waals surface area contributed by atoms with Gasteiger partial charge < -0.3 is 49.1 Å². The number of aliphatic imine (C=N–C) groups is 1. The van der Waals surface area contributed by atoms with Gasteiger partial charge in [-0.1, -0.05) is 25.1 Å². The minimum Gasteiger partial charge on any atom is -0.488 e. The molecule has 334 valence electrons. The van der Waals surface area contributed by atoms with Gasteiger partial charge in [0.25, 0.3) is 0 Å². The number of ether oxygens (including phenoxy) is 5. The molecule has 2 saturated heterocycles. The Morgan fingerprint density at radius 1 is 0.841 bits per heavy atom. The van der Waals surface area contributed by atoms with Crippen molar-refractivity contribution in [2.45, 2.75) is 121 Å². The number of amides is 4. The molecular formula is C47H57N7O9. The maximum absolute atomic E-state index is 14.2. The lowest BCUT2D eigenvalue weighted by molar-refractivity contribution is -0.140. The number of nitrogens with one attached hydrogen (secondary N) is 3. The second-order valence-corrected chi connectivity index (χ2v) is 17.0. The van der Waals surface area contributed by atoms with Crippen LogP contribution in [0.15, 0.2) is 53.7 Å². The molecule has 8 atom stereocenters. The Morgan fingerprint density at radius 3 is 2.19 bits per heavy atom. The Bertz CT molecular complexity index is 2450. The number of alkyl carbamates (subject to hydrolysis) is 2. The van der Waals surface area contributed by atoms with E-state index in [-0.39, 0.29) is 36.0 Å². The molecule has 0 unspecified atom stereocenters. The van der Waals surface area contributed by atoms with Crippen LogP contribution in [0, 0.1) is 0 Å². The molecule has 5 heterocycles. The van der Waals surface area contributed by atoms with E-state index in [4.69, 9.17) is 33.7 Å². The third kappa shape index (κ3) is 8.10. The molecular weight excluding hydrogens is 807 g/mol. The number of nitrogens with zero attached hydrogens (tertiary/aromatic N) is 4. The lowest BCUT2D eigenvalue weighted by Crippen LogP contribution is -2.58. The summed E-state index contributed by atoms with van der Waals surface area (Å²) in [7, 11) is 5.56. The highest BCUT2D eigenvalue weighted by Gasteiger charge is 2.45. The highest BCUT2D eigenvalue weighted by Crippen LogP contribution is 2.45. The van der Waals surface area contributed by atoms with Gasteiger partial charge in [0.15, 0.2) is 0 Å². The Morgan fingerprint density at radius 2 is 1.52 bits per heavy atom. The Balaban J connectivity index is 1.02. The fourth-order valence-corrected chi connectivity index (χ4v) is 9.84. The van der Waals surface area contributed by atoms with Gasteiger partial charge in [0.1, 0.15) is 30.3 Å². The number of likely N-dealkylation sites (tertiary alicyclic amines) is 2. The molecule has 63 heavy (non-hydrogen) atoms. The van der Waals surface area contributed by atoms with E-state index in [1.807, 2.05) is 11.8 Å². The molecule has 0 spiro atoms. The standard InChI is InChI=1S/C47H57N7O9/c1-9-30-13-17-38(54(30)45(56)42(26(4)60-6)52-47(58)62-8)36-20-33-32-21-40-34(19-27(32)12-15-35(33)49-36)31-14-11-28(18-29(31)23-63-40)37-22-48-43(50-37)39-16-10-24(2)53(39)44(55)41(25(3)59-5)51-46(57)61-7/h11-12,14-15,18-19,21-22,24-26,30,38-39,41-42H,9-10,13,16-17,20,23H2,1-8H3,(H,48,50)(H,51,57)(H,52,58)/t24-,25+,26+,30-,38-,39-,41-,42-/m0/s1. The number of carbonyl (C=O) groups is 4. The van der Waals surface area contributed by atoms with Crippen molar-refractivity contribution < 1.29 is 42.9 Å². The minimum atomic E-state index is -0.927. The van der Waals surface area contributed by atoms with Gasteiger partial charge in [0.2, 0.25) is 11.8 Å². The summed E-state index contributed by atoms with van der Waals surface area (Å²) < 4.78 is 27.1. The monoisotopic (exact) mass is 863 g/mol. The number of hydrogen-bond donors (Lipinski definition) is 3. The quantitative estimate of drug-likeness (QED) is 0.138. The molecule has 4 amide bonds. The lowest BCUT2D eigenvalue weighted by atomic mass is 9.91. The molecule has 4 aromatic rings. The second kappa shape index (κ2) is 18.0. The van der Waals surface area contributed by atoms with Crippen LogP contribution in [0.4, 0.5) is 15.3 Å². The predicted molar refractivity (Wildman–Crippen MR) is 236 cm³/mol. The summed E-state index contributed by atoms with van der Waals surface area (Å²) in [6.07, 6.45) is 3.77. The van der Waals surface area contributed by atoms with Gasteiger partial charge in [-0.05, 0) is 110 Å². The topological polar surface area (TPSA) is 186 Å². The van der Waals surface area contributed by atoms with Crippen molar-refractivity contribution in [3.63, 3.8) is 0 Å². The summed E-state index contributed by atoms with van der Waals surface area (Å²) in [6, 6.07) is 12.4. The number of imidazole rings is 1. The van der Waals surface area contributed by atoms with Crippen LogP contribution < -0.4 is 15.4 Å². The maximum atomic E-state index is 14.2. The van der Waals surface area contributed by atoms with Crippen molar-refractivity contribution in [2.75, 3.05) is 28.4 Å². The number of aromatic amines is 1. The van der Waals surface area contributed by atoms with E-state index < -0.39 is 36.5 Å². The number of hydrogen-bond acceptors (Lipinski definition) is 11. The van der Waals surface area contributed by atoms with Gasteiger partial charge in [-0.3, -0.25) is 14.6 Å². The Hall–Kier alpha value is -6.00. The molecule has 8 rings (SSSR count). The Labute approximate surface area is 367 Å². The molecule has 0 radical (unpaired) electrons. The molecule has 3 N–H and O–H groups in total. The summed E-state index contributed by atoms with van der Waals surface area (Å²) >= 11 is 0. The summed E-state index contributed by atoms with van der Waals surface area (Å²) in [5.41, 5.74) is 7.82. The van der Waals surface area contributed by atoms with E-state index in [1.165, 1.54) is 28.4 Å². The van der Waals surface area contributed by atoms with Crippen LogP contribution >= 0.6 is 0 Å². The van der Waals surface area contributed by atoms with E-state index >= 15 is 0 Å². The van der Waals surface area contributed by atoms with Crippen LogP contribution in [-0.2, 0) is 41.6 Å². The molecule has 4 aliphatic heterocycles. The molecule has 16 nitrogen and oxygen atoms in total. The number of methoxy groups -OCH3 is 4. The number of benzene rings is 3. The van der Waals surface area contributed by atoms with Crippen molar-refractivity contribution in [2.24, 2.45) is 4.99 Å². The molecule has 16 heteroatoms. The first-order valence-electron chi connectivity index (χ1n) is 21.8. The fraction of sp³-hybridized carbons (Fsp3) is 0.489. The largest absolute Gasteiger partial charge is 0.488 e. The van der Waals surface area contributed by atoms with Crippen molar-refractivity contribution >= 4 is 46.2 Å². The van der Waals surface area contributed by atoms with Gasteiger partial charge in [-0.2, -0.15) is 0 Å². The maximum Gasteiger partial charge on any atom is 0.407 e. The SMILES string of the molecule is CC[C@H]1CC[C@@H](C2=Nc3ccc4cc5c(cc4c3C2)OCc2cc(-c3cnc([C@@H]4CC[C@H](C)N4C(=O)[C@@H](NC(=O)OC)[C@@H](C)OC)[nH]3)ccc2-5)N1C(=O)[C@@H](NC(=O)OC)[C@@H](C)OC. The second-order valence-electron chi connectivity index (χ2n) is 17.0. The fourth-order valence-electron chi connectivity index (χ4n) is 9.84.